The van der Waals surface area contributed by atoms with Gasteiger partial charge < -0.3 is 15.5 Å². The molecule has 0 radical (unpaired) electrons. The standard InChI is InChI=1S/C20H29N3O2/c1-13(2)15-6-8-16(9-7-15)23-12-10-17(20(23)25)19(24)22-18-5-4-11-21-14(18)3/h6-9,13-14,17-18,21H,4-5,10-12H2,1-3H3,(H,22,24). The molecule has 0 aliphatic carbocycles. The van der Waals surface area contributed by atoms with Gasteiger partial charge >= 0.3 is 0 Å². The van der Waals surface area contributed by atoms with Crippen molar-refractivity contribution in [2.45, 2.75) is 58.0 Å². The SMILES string of the molecule is CC(C)c1ccc(N2CCC(C(=O)NC3CCCNC3C)C2=O)cc1. The number of nitrogens with one attached hydrogen (secondary N) is 2. The van der Waals surface area contributed by atoms with Gasteiger partial charge in [0.25, 0.3) is 0 Å². The largest absolute Gasteiger partial charge is 0.351 e. The molecule has 0 aromatic heterocycles. The summed E-state index contributed by atoms with van der Waals surface area (Å²) >= 11 is 0. The van der Waals surface area contributed by atoms with E-state index in [9.17, 15) is 9.59 Å². The van der Waals surface area contributed by atoms with Crippen LogP contribution < -0.4 is 15.5 Å². The number of amides is 2. The topological polar surface area (TPSA) is 61.4 Å². The van der Waals surface area contributed by atoms with Crippen LogP contribution >= 0.6 is 0 Å². The zero-order chi connectivity index (χ0) is 18.0. The summed E-state index contributed by atoms with van der Waals surface area (Å²) in [6, 6.07) is 8.48. The van der Waals surface area contributed by atoms with Gasteiger partial charge in [-0.15, -0.1) is 0 Å². The quantitative estimate of drug-likeness (QED) is 0.826. The highest BCUT2D eigenvalue weighted by molar-refractivity contribution is 6.09. The van der Waals surface area contributed by atoms with Crippen LogP contribution in [-0.4, -0.2) is 37.0 Å². The van der Waals surface area contributed by atoms with Crippen molar-refractivity contribution in [2.24, 2.45) is 5.92 Å². The Kier molecular flexibility index (Phi) is 5.42. The van der Waals surface area contributed by atoms with E-state index in [-0.39, 0.29) is 23.9 Å². The molecule has 0 spiro atoms. The molecular formula is C20H29N3O2. The molecule has 2 amide bonds. The highest BCUT2D eigenvalue weighted by Gasteiger charge is 2.38. The van der Waals surface area contributed by atoms with Crippen molar-refractivity contribution in [1.29, 1.82) is 0 Å². The first-order chi connectivity index (χ1) is 12.0. The molecule has 2 N–H and O–H groups in total. The van der Waals surface area contributed by atoms with E-state index in [1.165, 1.54) is 5.56 Å². The minimum atomic E-state index is -0.557. The molecule has 1 aromatic carbocycles. The van der Waals surface area contributed by atoms with Crippen LogP contribution in [0, 0.1) is 5.92 Å². The van der Waals surface area contributed by atoms with E-state index in [1.807, 2.05) is 12.1 Å². The summed E-state index contributed by atoms with van der Waals surface area (Å²) in [5, 5.41) is 6.47. The van der Waals surface area contributed by atoms with Gasteiger partial charge in [-0.25, -0.2) is 0 Å². The molecular weight excluding hydrogens is 314 g/mol. The monoisotopic (exact) mass is 343 g/mol. The second-order valence-electron chi connectivity index (χ2n) is 7.58. The number of benzene rings is 1. The number of carbonyl (C=O) groups is 2. The van der Waals surface area contributed by atoms with E-state index in [4.69, 9.17) is 0 Å². The van der Waals surface area contributed by atoms with Crippen LogP contribution in [0.5, 0.6) is 0 Å². The summed E-state index contributed by atoms with van der Waals surface area (Å²) in [4.78, 5) is 27.1. The number of nitrogens with zero attached hydrogens (tertiary/aromatic N) is 1. The van der Waals surface area contributed by atoms with E-state index in [1.54, 1.807) is 4.90 Å². The molecule has 1 aromatic rings. The Balaban J connectivity index is 1.63. The fourth-order valence-electron chi connectivity index (χ4n) is 3.74. The molecule has 3 atom stereocenters. The molecule has 2 aliphatic rings. The third kappa shape index (κ3) is 3.87. The fourth-order valence-corrected chi connectivity index (χ4v) is 3.74. The predicted octanol–water partition coefficient (Wildman–Crippen LogP) is 2.42. The number of rotatable bonds is 4. The van der Waals surface area contributed by atoms with Gasteiger partial charge in [-0.05, 0) is 56.3 Å². The molecule has 2 saturated heterocycles. The van der Waals surface area contributed by atoms with Crippen molar-refractivity contribution in [1.82, 2.24) is 10.6 Å². The average Bonchev–Trinajstić information content (AvgIpc) is 2.98. The molecule has 2 heterocycles. The maximum atomic E-state index is 12.7. The summed E-state index contributed by atoms with van der Waals surface area (Å²) in [5.41, 5.74) is 2.14. The lowest BCUT2D eigenvalue weighted by molar-refractivity contribution is -0.132. The van der Waals surface area contributed by atoms with E-state index >= 15 is 0 Å². The van der Waals surface area contributed by atoms with Crippen LogP contribution in [0.2, 0.25) is 0 Å². The Hall–Kier alpha value is -1.88. The lowest BCUT2D eigenvalue weighted by Gasteiger charge is -2.31. The Morgan fingerprint density at radius 3 is 2.60 bits per heavy atom. The van der Waals surface area contributed by atoms with Gasteiger partial charge in [0.1, 0.15) is 5.92 Å². The van der Waals surface area contributed by atoms with E-state index in [0.29, 0.717) is 18.9 Å². The summed E-state index contributed by atoms with van der Waals surface area (Å²) in [7, 11) is 0. The molecule has 0 bridgehead atoms. The number of carbonyl (C=O) groups excluding carboxylic acids is 2. The molecule has 3 unspecified atom stereocenters. The second-order valence-corrected chi connectivity index (χ2v) is 7.58. The number of hydrogen-bond acceptors (Lipinski definition) is 3. The molecule has 2 fully saturated rings. The van der Waals surface area contributed by atoms with Gasteiger partial charge in [0.15, 0.2) is 0 Å². The third-order valence-corrected chi connectivity index (χ3v) is 5.48. The van der Waals surface area contributed by atoms with Gasteiger partial charge in [-0.3, -0.25) is 9.59 Å². The summed E-state index contributed by atoms with van der Waals surface area (Å²) in [6.45, 7) is 7.99. The van der Waals surface area contributed by atoms with Crippen LogP contribution in [0.4, 0.5) is 5.69 Å². The maximum absolute atomic E-state index is 12.7. The van der Waals surface area contributed by atoms with Crippen molar-refractivity contribution < 1.29 is 9.59 Å². The van der Waals surface area contributed by atoms with Crippen molar-refractivity contribution in [2.75, 3.05) is 18.0 Å². The highest BCUT2D eigenvalue weighted by Crippen LogP contribution is 2.27. The summed E-state index contributed by atoms with van der Waals surface area (Å²) in [6.07, 6.45) is 2.62. The molecule has 5 heteroatoms. The number of hydrogen-bond donors (Lipinski definition) is 2. The lowest BCUT2D eigenvalue weighted by atomic mass is 9.98. The van der Waals surface area contributed by atoms with Gasteiger partial charge in [0.2, 0.25) is 11.8 Å². The minimum Gasteiger partial charge on any atom is -0.351 e. The Morgan fingerprint density at radius 1 is 1.24 bits per heavy atom. The smallest absolute Gasteiger partial charge is 0.239 e. The minimum absolute atomic E-state index is 0.0776. The van der Waals surface area contributed by atoms with Crippen LogP contribution in [-0.2, 0) is 9.59 Å². The molecule has 136 valence electrons. The predicted molar refractivity (Wildman–Crippen MR) is 99.6 cm³/mol. The van der Waals surface area contributed by atoms with Crippen molar-refractivity contribution >= 4 is 17.5 Å². The fraction of sp³-hybridized carbons (Fsp3) is 0.600. The first kappa shape index (κ1) is 17.9. The molecule has 25 heavy (non-hydrogen) atoms. The van der Waals surface area contributed by atoms with Crippen LogP contribution in [0.3, 0.4) is 0 Å². The van der Waals surface area contributed by atoms with Crippen molar-refractivity contribution in [3.05, 3.63) is 29.8 Å². The summed E-state index contributed by atoms with van der Waals surface area (Å²) in [5.74, 6) is -0.287. The number of piperidine rings is 1. The normalized spacial score (nSPS) is 27.0. The first-order valence-corrected chi connectivity index (χ1v) is 9.42. The first-order valence-electron chi connectivity index (χ1n) is 9.42. The second kappa shape index (κ2) is 7.56. The van der Waals surface area contributed by atoms with Crippen LogP contribution in [0.15, 0.2) is 24.3 Å². The van der Waals surface area contributed by atoms with Crippen LogP contribution in [0.25, 0.3) is 0 Å². The Bertz CT molecular complexity index is 626. The average molecular weight is 343 g/mol. The van der Waals surface area contributed by atoms with Gasteiger partial charge in [0.05, 0.1) is 0 Å². The van der Waals surface area contributed by atoms with E-state index < -0.39 is 5.92 Å². The lowest BCUT2D eigenvalue weighted by Crippen LogP contribution is -2.53. The van der Waals surface area contributed by atoms with Crippen LogP contribution in [0.1, 0.15) is 51.5 Å². The Morgan fingerprint density at radius 2 is 1.96 bits per heavy atom. The molecule has 0 saturated carbocycles. The summed E-state index contributed by atoms with van der Waals surface area (Å²) < 4.78 is 0. The van der Waals surface area contributed by atoms with Crippen molar-refractivity contribution in [3.63, 3.8) is 0 Å². The maximum Gasteiger partial charge on any atom is 0.239 e. The van der Waals surface area contributed by atoms with E-state index in [0.717, 1.165) is 25.1 Å². The zero-order valence-electron chi connectivity index (χ0n) is 15.4. The molecule has 5 nitrogen and oxygen atoms in total. The van der Waals surface area contributed by atoms with Gasteiger partial charge in [-0.1, -0.05) is 26.0 Å². The van der Waals surface area contributed by atoms with Gasteiger partial charge in [0, 0.05) is 24.3 Å². The van der Waals surface area contributed by atoms with E-state index in [2.05, 4.69) is 43.5 Å². The highest BCUT2D eigenvalue weighted by atomic mass is 16.2. The Labute approximate surface area is 150 Å². The van der Waals surface area contributed by atoms with Crippen molar-refractivity contribution in [3.8, 4) is 0 Å². The van der Waals surface area contributed by atoms with Gasteiger partial charge in [-0.2, -0.15) is 0 Å². The zero-order valence-corrected chi connectivity index (χ0v) is 15.4. The molecule has 2 aliphatic heterocycles. The third-order valence-electron chi connectivity index (χ3n) is 5.48. The molecule has 3 rings (SSSR count). The number of anilines is 1.